The van der Waals surface area contributed by atoms with E-state index in [1.54, 1.807) is 6.92 Å². The lowest BCUT2D eigenvalue weighted by Crippen LogP contribution is -2.94. The number of carbonyl (C=O) groups is 1. The quantitative estimate of drug-likeness (QED) is 0.151. The van der Waals surface area contributed by atoms with Gasteiger partial charge in [-0.25, -0.2) is 0 Å². The van der Waals surface area contributed by atoms with Crippen LogP contribution in [0.15, 0.2) is 11.1 Å². The number of hydrogen-bond donors (Lipinski definition) is 7. The zero-order valence-electron chi connectivity index (χ0n) is 34.2. The van der Waals surface area contributed by atoms with E-state index < -0.39 is 45.9 Å². The molecule has 0 radical (unpaired) electrons. The third-order valence-corrected chi connectivity index (χ3v) is 18.7. The number of ketones is 1. The first-order valence-corrected chi connectivity index (χ1v) is 22.4. The lowest BCUT2D eigenvalue weighted by Gasteiger charge is -2.65. The molecule has 8 rings (SSSR count). The summed E-state index contributed by atoms with van der Waals surface area (Å²) in [6, 6.07) is 0. The van der Waals surface area contributed by atoms with Crippen molar-refractivity contribution in [2.75, 3.05) is 13.2 Å². The number of hydrogen-bond acceptors (Lipinski definition) is 8. The van der Waals surface area contributed by atoms with Gasteiger partial charge in [-0.05, 0) is 137 Å². The summed E-state index contributed by atoms with van der Waals surface area (Å²) in [4.78, 5) is 14.6. The fraction of sp³-hybridized carbons (Fsp3) is 0.933. The standard InChI is InChI=1S/C45H74N2O7/c1-40(25-48,18-15-27-17-20-47-34(46)21-27)44(5,52)39-38(54-39)43(4,51)33-22-29-13-14-31-36-35(41(2)19-16-30(49)23-32(41)37(31)50)28(24-42(33,3)45(29,36)53)12-11-26-9-7-6-8-10-26/h26-30,32-35,38-39,47-49,51-53H,6-25,46H2,1-5H3/p+1. The van der Waals surface area contributed by atoms with Gasteiger partial charge >= 0.3 is 0 Å². The zero-order chi connectivity index (χ0) is 38.6. The van der Waals surface area contributed by atoms with Gasteiger partial charge in [0.15, 0.2) is 5.78 Å². The Kier molecular flexibility index (Phi) is 10.2. The topological polar surface area (TPSA) is 173 Å². The highest BCUT2D eigenvalue weighted by Crippen LogP contribution is 2.75. The summed E-state index contributed by atoms with van der Waals surface area (Å²) in [5.41, 5.74) is 2.37. The maximum absolute atomic E-state index is 14.6. The molecule has 2 aliphatic heterocycles. The van der Waals surface area contributed by atoms with Gasteiger partial charge in [0.25, 0.3) is 0 Å². The molecule has 9 N–H and O–H groups in total. The number of piperidine rings is 1. The molecule has 2 heterocycles. The molecular weight excluding hydrogens is 681 g/mol. The molecule has 8 aliphatic rings. The Labute approximate surface area is 324 Å². The number of aliphatic hydroxyl groups excluding tert-OH is 2. The van der Waals surface area contributed by atoms with Gasteiger partial charge in [0, 0.05) is 23.2 Å². The second-order valence-corrected chi connectivity index (χ2v) is 21.7. The van der Waals surface area contributed by atoms with Gasteiger partial charge in [0.05, 0.1) is 36.1 Å². The highest BCUT2D eigenvalue weighted by molar-refractivity contribution is 6.00. The fourth-order valence-corrected chi connectivity index (χ4v) is 15.1. The number of allylic oxidation sites excluding steroid dienone is 1. The second kappa shape index (κ2) is 13.8. The van der Waals surface area contributed by atoms with Gasteiger partial charge in [-0.15, -0.1) is 0 Å². The Morgan fingerprint density at radius 3 is 2.37 bits per heavy atom. The summed E-state index contributed by atoms with van der Waals surface area (Å²) in [5, 5.41) is 62.7. The number of nitrogens with two attached hydrogens (primary N) is 2. The SMILES string of the molecule is CC(O)(C1OC1C(C)(O)C(C)(CO)CCC1CC[NH2+]C(N)C1)C1CC2CCC3=C4C(C(CCC5CCCCC5)CC1(C)C42O)C1(C)CCC(O)CC1C3=O. The van der Waals surface area contributed by atoms with Crippen molar-refractivity contribution in [1.82, 2.24) is 0 Å². The minimum Gasteiger partial charge on any atom is -0.396 e. The molecular formula is C45H75N2O7+. The summed E-state index contributed by atoms with van der Waals surface area (Å²) in [6.07, 6.45) is 15.5. The van der Waals surface area contributed by atoms with Gasteiger partial charge in [0.1, 0.15) is 18.4 Å². The molecule has 0 spiro atoms. The third kappa shape index (κ3) is 5.92. The average Bonchev–Trinajstić information content (AvgIpc) is 3.93. The van der Waals surface area contributed by atoms with E-state index in [4.69, 9.17) is 10.5 Å². The van der Waals surface area contributed by atoms with E-state index in [2.05, 4.69) is 19.2 Å². The highest BCUT2D eigenvalue weighted by Gasteiger charge is 2.77. The van der Waals surface area contributed by atoms with E-state index in [0.717, 1.165) is 62.1 Å². The molecule has 6 fully saturated rings. The van der Waals surface area contributed by atoms with Crippen molar-refractivity contribution in [3.8, 4) is 0 Å². The van der Waals surface area contributed by atoms with Gasteiger partial charge in [-0.1, -0.05) is 59.3 Å². The summed E-state index contributed by atoms with van der Waals surface area (Å²) in [7, 11) is 0. The molecule has 0 aromatic carbocycles. The van der Waals surface area contributed by atoms with Crippen LogP contribution in [0.3, 0.4) is 0 Å². The molecule has 2 saturated heterocycles. The van der Waals surface area contributed by atoms with E-state index in [0.29, 0.717) is 44.4 Å². The number of carbonyl (C=O) groups excluding carboxylic acids is 1. The van der Waals surface area contributed by atoms with Crippen molar-refractivity contribution in [3.63, 3.8) is 0 Å². The second-order valence-electron chi connectivity index (χ2n) is 21.7. The van der Waals surface area contributed by atoms with Crippen LogP contribution >= 0.6 is 0 Å². The number of aliphatic hydroxyl groups is 5. The van der Waals surface area contributed by atoms with Crippen LogP contribution in [-0.2, 0) is 9.53 Å². The van der Waals surface area contributed by atoms with E-state index >= 15 is 0 Å². The molecule has 6 aliphatic carbocycles. The Morgan fingerprint density at radius 2 is 1.67 bits per heavy atom. The molecule has 4 saturated carbocycles. The van der Waals surface area contributed by atoms with Crippen LogP contribution in [0.4, 0.5) is 0 Å². The molecule has 9 heteroatoms. The van der Waals surface area contributed by atoms with Crippen molar-refractivity contribution >= 4 is 5.78 Å². The first-order valence-electron chi connectivity index (χ1n) is 22.4. The lowest BCUT2D eigenvalue weighted by molar-refractivity contribution is -0.699. The van der Waals surface area contributed by atoms with Crippen LogP contribution in [0, 0.1) is 57.7 Å². The summed E-state index contributed by atoms with van der Waals surface area (Å²) < 4.78 is 6.42. The molecule has 54 heavy (non-hydrogen) atoms. The molecule has 306 valence electrons. The van der Waals surface area contributed by atoms with Crippen LogP contribution in [0.1, 0.15) is 150 Å². The lowest BCUT2D eigenvalue weighted by atomic mass is 9.40. The Bertz CT molecular complexity index is 1480. The number of ether oxygens (including phenoxy) is 1. The molecule has 0 bridgehead atoms. The maximum Gasteiger partial charge on any atom is 0.162 e. The normalized spacial score (nSPS) is 48.3. The van der Waals surface area contributed by atoms with Crippen molar-refractivity contribution in [2.45, 2.75) is 191 Å². The predicted molar refractivity (Wildman–Crippen MR) is 207 cm³/mol. The molecule has 16 atom stereocenters. The smallest absolute Gasteiger partial charge is 0.162 e. The minimum atomic E-state index is -1.39. The Morgan fingerprint density at radius 1 is 0.926 bits per heavy atom. The van der Waals surface area contributed by atoms with Crippen molar-refractivity contribution in [1.29, 1.82) is 0 Å². The van der Waals surface area contributed by atoms with Crippen LogP contribution in [0.2, 0.25) is 0 Å². The van der Waals surface area contributed by atoms with E-state index in [-0.39, 0.29) is 53.6 Å². The monoisotopic (exact) mass is 756 g/mol. The van der Waals surface area contributed by atoms with Gasteiger partial charge in [-0.2, -0.15) is 0 Å². The van der Waals surface area contributed by atoms with Crippen LogP contribution in [0.25, 0.3) is 0 Å². The van der Waals surface area contributed by atoms with Crippen molar-refractivity contribution in [2.24, 2.45) is 63.4 Å². The van der Waals surface area contributed by atoms with Gasteiger partial charge in [0.2, 0.25) is 0 Å². The van der Waals surface area contributed by atoms with Crippen LogP contribution < -0.4 is 11.1 Å². The zero-order valence-corrected chi connectivity index (χ0v) is 34.2. The minimum absolute atomic E-state index is 0.0684. The van der Waals surface area contributed by atoms with E-state index in [1.165, 1.54) is 38.5 Å². The maximum atomic E-state index is 14.6. The van der Waals surface area contributed by atoms with Crippen LogP contribution in [0.5, 0.6) is 0 Å². The predicted octanol–water partition coefficient (Wildman–Crippen LogP) is 4.50. The van der Waals surface area contributed by atoms with Crippen molar-refractivity contribution < 1.29 is 40.4 Å². The number of rotatable bonds is 11. The molecule has 0 aromatic rings. The average molecular weight is 756 g/mol. The molecule has 0 aromatic heterocycles. The van der Waals surface area contributed by atoms with Crippen molar-refractivity contribution in [3.05, 3.63) is 11.1 Å². The Balaban J connectivity index is 1.11. The van der Waals surface area contributed by atoms with Gasteiger partial charge in [-0.3, -0.25) is 10.5 Å². The largest absolute Gasteiger partial charge is 0.396 e. The van der Waals surface area contributed by atoms with E-state index in [9.17, 15) is 30.3 Å². The Hall–Kier alpha value is -0.910. The molecule has 9 nitrogen and oxygen atoms in total. The number of Topliss-reactive ketones (excluding diaryl/α,β-unsaturated/α-hetero) is 1. The molecule has 0 amide bonds. The molecule has 16 unspecified atom stereocenters. The van der Waals surface area contributed by atoms with Crippen LogP contribution in [-0.4, -0.2) is 85.7 Å². The van der Waals surface area contributed by atoms with E-state index in [1.807, 2.05) is 13.8 Å². The first-order chi connectivity index (χ1) is 25.4. The third-order valence-electron chi connectivity index (χ3n) is 18.7. The fourth-order valence-electron chi connectivity index (χ4n) is 15.1. The number of epoxide rings is 1. The van der Waals surface area contributed by atoms with Gasteiger partial charge < -0.3 is 35.6 Å². The summed E-state index contributed by atoms with van der Waals surface area (Å²) in [6.45, 7) is 11.0. The summed E-state index contributed by atoms with van der Waals surface area (Å²) in [5.74, 6) is 1.14. The first kappa shape index (κ1) is 39.9. The summed E-state index contributed by atoms with van der Waals surface area (Å²) >= 11 is 0. The highest BCUT2D eigenvalue weighted by atomic mass is 16.6. The number of quaternary nitrogens is 1. The number of fused-ring (bicyclic) bond motifs is 2.